The molecular formula is C24H22N2O7. The Morgan fingerprint density at radius 3 is 2.48 bits per heavy atom. The summed E-state index contributed by atoms with van der Waals surface area (Å²) in [5.74, 6) is -2.16. The van der Waals surface area contributed by atoms with E-state index >= 15 is 0 Å². The van der Waals surface area contributed by atoms with Crippen LogP contribution in [-0.2, 0) is 14.3 Å². The van der Waals surface area contributed by atoms with Gasteiger partial charge in [0.1, 0.15) is 0 Å². The van der Waals surface area contributed by atoms with Crippen LogP contribution < -0.4 is 4.90 Å². The highest BCUT2D eigenvalue weighted by Crippen LogP contribution is 2.42. The van der Waals surface area contributed by atoms with Crippen LogP contribution in [0.3, 0.4) is 0 Å². The molecule has 1 saturated carbocycles. The maximum absolute atomic E-state index is 12.9. The van der Waals surface area contributed by atoms with E-state index in [0.29, 0.717) is 24.4 Å². The zero-order valence-electron chi connectivity index (χ0n) is 17.9. The summed E-state index contributed by atoms with van der Waals surface area (Å²) in [4.78, 5) is 62.0. The molecule has 2 aliphatic rings. The zero-order valence-corrected chi connectivity index (χ0v) is 17.9. The third-order valence-electron chi connectivity index (χ3n) is 6.24. The Labute approximate surface area is 189 Å². The quantitative estimate of drug-likeness (QED) is 0.217. The van der Waals surface area contributed by atoms with E-state index in [1.54, 1.807) is 12.1 Å². The molecule has 0 N–H and O–H groups in total. The standard InChI is InChI=1S/C24H22N2O7/c1-14-8-9-19-20(10-14)23(29)25(22(19)28)17-6-3-5-16(12-17)24(30)33-13-21(27)15-4-2-7-18(11-15)26(31)32/h2-7,11-12,14,19-20H,8-10,13H2,1H3/t14-,19+,20+/m0/s1. The summed E-state index contributed by atoms with van der Waals surface area (Å²) < 4.78 is 5.08. The summed E-state index contributed by atoms with van der Waals surface area (Å²) in [6.45, 7) is 1.47. The van der Waals surface area contributed by atoms with Gasteiger partial charge in [0.05, 0.1) is 28.0 Å². The van der Waals surface area contributed by atoms with Crippen LogP contribution in [0.15, 0.2) is 48.5 Å². The van der Waals surface area contributed by atoms with E-state index in [0.717, 1.165) is 17.4 Å². The van der Waals surface area contributed by atoms with Gasteiger partial charge in [-0.05, 0) is 43.4 Å². The van der Waals surface area contributed by atoms with Gasteiger partial charge in [-0.3, -0.25) is 29.4 Å². The fourth-order valence-corrected chi connectivity index (χ4v) is 4.51. The number of carbonyl (C=O) groups is 4. The number of non-ortho nitro benzene ring substituents is 1. The lowest BCUT2D eigenvalue weighted by atomic mass is 9.76. The molecule has 3 atom stereocenters. The Kier molecular flexibility index (Phi) is 6.04. The minimum Gasteiger partial charge on any atom is -0.454 e. The molecule has 0 unspecified atom stereocenters. The minimum absolute atomic E-state index is 0.0517. The van der Waals surface area contributed by atoms with Gasteiger partial charge in [0, 0.05) is 17.7 Å². The number of hydrogen-bond donors (Lipinski definition) is 0. The summed E-state index contributed by atoms with van der Waals surface area (Å²) in [6, 6.07) is 11.1. The van der Waals surface area contributed by atoms with Crippen LogP contribution in [0.1, 0.15) is 46.9 Å². The van der Waals surface area contributed by atoms with Crippen LogP contribution in [0.4, 0.5) is 11.4 Å². The number of hydrogen-bond acceptors (Lipinski definition) is 7. The van der Waals surface area contributed by atoms with Gasteiger partial charge in [-0.2, -0.15) is 0 Å². The van der Waals surface area contributed by atoms with E-state index in [2.05, 4.69) is 6.92 Å². The van der Waals surface area contributed by atoms with Crippen molar-refractivity contribution in [2.45, 2.75) is 26.2 Å². The maximum atomic E-state index is 12.9. The summed E-state index contributed by atoms with van der Waals surface area (Å²) in [7, 11) is 0. The number of ether oxygens (including phenoxy) is 1. The van der Waals surface area contributed by atoms with Crippen LogP contribution in [-0.4, -0.2) is 35.1 Å². The van der Waals surface area contributed by atoms with Gasteiger partial charge in [-0.1, -0.05) is 25.1 Å². The van der Waals surface area contributed by atoms with Crippen molar-refractivity contribution in [3.8, 4) is 0 Å². The van der Waals surface area contributed by atoms with Crippen molar-refractivity contribution in [1.29, 1.82) is 0 Å². The van der Waals surface area contributed by atoms with Crippen molar-refractivity contribution in [2.75, 3.05) is 11.5 Å². The molecule has 4 rings (SSSR count). The molecule has 0 spiro atoms. The highest BCUT2D eigenvalue weighted by molar-refractivity contribution is 6.22. The lowest BCUT2D eigenvalue weighted by molar-refractivity contribution is -0.384. The van der Waals surface area contributed by atoms with Crippen LogP contribution in [0.25, 0.3) is 0 Å². The second-order valence-corrected chi connectivity index (χ2v) is 8.50. The van der Waals surface area contributed by atoms with E-state index in [1.165, 1.54) is 30.3 Å². The first kappa shape index (κ1) is 22.3. The number of nitro benzene ring substituents is 1. The van der Waals surface area contributed by atoms with Gasteiger partial charge in [0.2, 0.25) is 17.6 Å². The predicted octanol–water partition coefficient (Wildman–Crippen LogP) is 3.56. The number of nitro groups is 1. The van der Waals surface area contributed by atoms with Crippen LogP contribution in [0, 0.1) is 27.9 Å². The molecule has 1 aliphatic heterocycles. The van der Waals surface area contributed by atoms with Crippen LogP contribution >= 0.6 is 0 Å². The lowest BCUT2D eigenvalue weighted by Gasteiger charge is -2.25. The molecule has 0 bridgehead atoms. The Morgan fingerprint density at radius 1 is 1.03 bits per heavy atom. The highest BCUT2D eigenvalue weighted by Gasteiger charge is 2.50. The smallest absolute Gasteiger partial charge is 0.338 e. The number of Topliss-reactive ketones (excluding diaryl/α,β-unsaturated/α-hetero) is 1. The Balaban J connectivity index is 1.46. The van der Waals surface area contributed by atoms with E-state index in [-0.39, 0.29) is 40.5 Å². The summed E-state index contributed by atoms with van der Waals surface area (Å²) in [5.41, 5.74) is 0.195. The molecule has 170 valence electrons. The molecule has 1 heterocycles. The van der Waals surface area contributed by atoms with Crippen molar-refractivity contribution in [2.24, 2.45) is 17.8 Å². The molecular weight excluding hydrogens is 428 g/mol. The third kappa shape index (κ3) is 4.39. The molecule has 2 aromatic carbocycles. The summed E-state index contributed by atoms with van der Waals surface area (Å²) in [6.07, 6.45) is 2.25. The Bertz CT molecular complexity index is 1160. The third-order valence-corrected chi connectivity index (χ3v) is 6.24. The highest BCUT2D eigenvalue weighted by atomic mass is 16.6. The molecule has 1 aliphatic carbocycles. The molecule has 33 heavy (non-hydrogen) atoms. The van der Waals surface area contributed by atoms with Crippen molar-refractivity contribution in [3.05, 3.63) is 69.8 Å². The van der Waals surface area contributed by atoms with E-state index in [9.17, 15) is 29.3 Å². The van der Waals surface area contributed by atoms with Crippen molar-refractivity contribution in [1.82, 2.24) is 0 Å². The molecule has 2 amide bonds. The van der Waals surface area contributed by atoms with E-state index < -0.39 is 23.3 Å². The molecule has 0 radical (unpaired) electrons. The number of fused-ring (bicyclic) bond motifs is 1. The SMILES string of the molecule is C[C@H]1CC[C@H]2C(=O)N(c3cccc(C(=O)OCC(=O)c4cccc([N+](=O)[O-])c4)c3)C(=O)[C@@H]2C1. The van der Waals surface area contributed by atoms with Crippen molar-refractivity contribution >= 4 is 34.9 Å². The first-order valence-corrected chi connectivity index (χ1v) is 10.7. The van der Waals surface area contributed by atoms with Gasteiger partial charge >= 0.3 is 5.97 Å². The van der Waals surface area contributed by atoms with Crippen LogP contribution in [0.2, 0.25) is 0 Å². The number of amides is 2. The number of carbonyl (C=O) groups excluding carboxylic acids is 4. The number of rotatable bonds is 6. The number of ketones is 1. The topological polar surface area (TPSA) is 124 Å². The van der Waals surface area contributed by atoms with E-state index in [4.69, 9.17) is 4.74 Å². The van der Waals surface area contributed by atoms with Gasteiger partial charge < -0.3 is 4.74 Å². The zero-order chi connectivity index (χ0) is 23.7. The molecule has 1 saturated heterocycles. The maximum Gasteiger partial charge on any atom is 0.338 e. The Morgan fingerprint density at radius 2 is 1.73 bits per heavy atom. The second-order valence-electron chi connectivity index (χ2n) is 8.50. The molecule has 9 nitrogen and oxygen atoms in total. The fraction of sp³-hybridized carbons (Fsp3) is 0.333. The number of imide groups is 1. The van der Waals surface area contributed by atoms with Gasteiger partial charge in [0.25, 0.3) is 5.69 Å². The molecule has 0 aromatic heterocycles. The predicted molar refractivity (Wildman–Crippen MR) is 117 cm³/mol. The molecule has 2 fully saturated rings. The fourth-order valence-electron chi connectivity index (χ4n) is 4.51. The van der Waals surface area contributed by atoms with Gasteiger partial charge in [-0.25, -0.2) is 4.79 Å². The van der Waals surface area contributed by atoms with Gasteiger partial charge in [0.15, 0.2) is 6.61 Å². The average molecular weight is 450 g/mol. The van der Waals surface area contributed by atoms with Crippen molar-refractivity contribution < 1.29 is 28.8 Å². The number of nitrogens with zero attached hydrogens (tertiary/aromatic N) is 2. The van der Waals surface area contributed by atoms with Crippen LogP contribution in [0.5, 0.6) is 0 Å². The van der Waals surface area contributed by atoms with E-state index in [1.807, 2.05) is 0 Å². The monoisotopic (exact) mass is 450 g/mol. The normalized spacial score (nSPS) is 22.1. The Hall–Kier alpha value is -3.88. The number of benzene rings is 2. The number of esters is 1. The number of anilines is 1. The minimum atomic E-state index is -0.805. The second kappa shape index (κ2) is 8.93. The first-order chi connectivity index (χ1) is 15.8. The largest absolute Gasteiger partial charge is 0.454 e. The summed E-state index contributed by atoms with van der Waals surface area (Å²) >= 11 is 0. The summed E-state index contributed by atoms with van der Waals surface area (Å²) in [5, 5.41) is 10.9. The first-order valence-electron chi connectivity index (χ1n) is 10.7. The molecule has 9 heteroatoms. The molecule has 2 aromatic rings. The van der Waals surface area contributed by atoms with Gasteiger partial charge in [-0.15, -0.1) is 0 Å². The van der Waals surface area contributed by atoms with Crippen molar-refractivity contribution in [3.63, 3.8) is 0 Å². The average Bonchev–Trinajstić information content (AvgIpc) is 3.06. The lowest BCUT2D eigenvalue weighted by Crippen LogP contribution is -2.31.